The minimum atomic E-state index is 0.888. The van der Waals surface area contributed by atoms with Crippen LogP contribution in [0.15, 0.2) is 30.3 Å². The third-order valence-electron chi connectivity index (χ3n) is 3.36. The number of anilines is 1. The highest BCUT2D eigenvalue weighted by molar-refractivity contribution is 5.42. The third-order valence-corrected chi connectivity index (χ3v) is 3.36. The Morgan fingerprint density at radius 2 is 1.94 bits per heavy atom. The summed E-state index contributed by atoms with van der Waals surface area (Å²) in [4.78, 5) is 2.65. The Labute approximate surface area is 105 Å². The van der Waals surface area contributed by atoms with E-state index in [1.165, 1.54) is 44.5 Å². The zero-order valence-corrected chi connectivity index (χ0v) is 10.9. The van der Waals surface area contributed by atoms with Crippen molar-refractivity contribution < 1.29 is 0 Å². The van der Waals surface area contributed by atoms with Gasteiger partial charge in [-0.1, -0.05) is 31.5 Å². The number of hydrogen-bond donors (Lipinski definition) is 1. The molecule has 0 heterocycles. The highest BCUT2D eigenvalue weighted by Crippen LogP contribution is 2.26. The van der Waals surface area contributed by atoms with Crippen LogP contribution in [0.4, 0.5) is 5.69 Å². The minimum absolute atomic E-state index is 0.888. The Bertz CT molecular complexity index is 306. The van der Waals surface area contributed by atoms with E-state index < -0.39 is 0 Å². The van der Waals surface area contributed by atoms with Crippen LogP contribution in [0.5, 0.6) is 0 Å². The zero-order valence-electron chi connectivity index (χ0n) is 10.9. The van der Waals surface area contributed by atoms with E-state index in [9.17, 15) is 0 Å². The topological polar surface area (TPSA) is 15.3 Å². The highest BCUT2D eigenvalue weighted by Gasteiger charge is 2.27. The fourth-order valence-corrected chi connectivity index (χ4v) is 2.18. The molecule has 0 bridgehead atoms. The fraction of sp³-hybridized carbons (Fsp3) is 0.600. The summed E-state index contributed by atoms with van der Waals surface area (Å²) in [6.07, 6.45) is 5.46. The van der Waals surface area contributed by atoms with Gasteiger partial charge >= 0.3 is 0 Å². The lowest BCUT2D eigenvalue weighted by Crippen LogP contribution is -2.32. The molecule has 0 radical (unpaired) electrons. The van der Waals surface area contributed by atoms with E-state index >= 15 is 0 Å². The van der Waals surface area contributed by atoms with Crippen molar-refractivity contribution in [3.8, 4) is 0 Å². The maximum atomic E-state index is 3.49. The van der Waals surface area contributed by atoms with Crippen molar-refractivity contribution in [2.75, 3.05) is 25.0 Å². The van der Waals surface area contributed by atoms with Gasteiger partial charge in [-0.2, -0.15) is 0 Å². The normalized spacial score (nSPS) is 15.2. The van der Waals surface area contributed by atoms with Crippen LogP contribution >= 0.6 is 0 Å². The summed E-state index contributed by atoms with van der Waals surface area (Å²) in [5, 5.41) is 3.49. The number of unbranched alkanes of at least 4 members (excludes halogenated alkanes) is 1. The first-order valence-electron chi connectivity index (χ1n) is 6.93. The second-order valence-corrected chi connectivity index (χ2v) is 4.91. The molecular weight excluding hydrogens is 208 g/mol. The third kappa shape index (κ3) is 4.39. The van der Waals surface area contributed by atoms with Crippen molar-refractivity contribution in [1.29, 1.82) is 0 Å². The maximum Gasteiger partial charge on any atom is 0.0340 e. The Kier molecular flexibility index (Phi) is 4.87. The number of rotatable bonds is 8. The first kappa shape index (κ1) is 12.4. The number of para-hydroxylation sites is 1. The minimum Gasteiger partial charge on any atom is -0.384 e. The molecule has 1 aliphatic rings. The van der Waals surface area contributed by atoms with Gasteiger partial charge in [0.25, 0.3) is 0 Å². The molecule has 1 fully saturated rings. The summed E-state index contributed by atoms with van der Waals surface area (Å²) in [6.45, 7) is 5.79. The lowest BCUT2D eigenvalue weighted by molar-refractivity contribution is 0.269. The monoisotopic (exact) mass is 232 g/mol. The predicted octanol–water partition coefficient (Wildman–Crippen LogP) is 3.36. The van der Waals surface area contributed by atoms with Crippen LogP contribution in [-0.2, 0) is 0 Å². The van der Waals surface area contributed by atoms with Gasteiger partial charge in [0, 0.05) is 24.8 Å². The molecule has 0 aliphatic heterocycles. The molecule has 0 saturated heterocycles. The molecule has 17 heavy (non-hydrogen) atoms. The Balaban J connectivity index is 1.68. The van der Waals surface area contributed by atoms with Crippen LogP contribution in [0.2, 0.25) is 0 Å². The number of hydrogen-bond acceptors (Lipinski definition) is 2. The number of benzene rings is 1. The second-order valence-electron chi connectivity index (χ2n) is 4.91. The standard InChI is InChI=1S/C15H24N2/c1-2-3-12-17(15-9-10-15)13-11-16-14-7-5-4-6-8-14/h4-8,15-16H,2-3,9-13H2,1H3. The van der Waals surface area contributed by atoms with Crippen LogP contribution in [-0.4, -0.2) is 30.6 Å². The van der Waals surface area contributed by atoms with Gasteiger partial charge in [0.15, 0.2) is 0 Å². The summed E-state index contributed by atoms with van der Waals surface area (Å²) >= 11 is 0. The van der Waals surface area contributed by atoms with E-state index in [0.717, 1.165) is 12.6 Å². The largest absolute Gasteiger partial charge is 0.384 e. The summed E-state index contributed by atoms with van der Waals surface area (Å²) in [5.74, 6) is 0. The average molecular weight is 232 g/mol. The molecule has 2 nitrogen and oxygen atoms in total. The van der Waals surface area contributed by atoms with Crippen LogP contribution < -0.4 is 5.32 Å². The quantitative estimate of drug-likeness (QED) is 0.739. The van der Waals surface area contributed by atoms with Gasteiger partial charge in [-0.25, -0.2) is 0 Å². The van der Waals surface area contributed by atoms with Crippen molar-refractivity contribution >= 4 is 5.69 Å². The Morgan fingerprint density at radius 1 is 1.18 bits per heavy atom. The SMILES string of the molecule is CCCCN(CCNc1ccccc1)C1CC1. The molecule has 1 aliphatic carbocycles. The molecule has 94 valence electrons. The molecule has 0 atom stereocenters. The van der Waals surface area contributed by atoms with Gasteiger partial charge in [0.2, 0.25) is 0 Å². The fourth-order valence-electron chi connectivity index (χ4n) is 2.18. The molecule has 2 heteroatoms. The molecule has 1 aromatic rings. The van der Waals surface area contributed by atoms with Crippen LogP contribution in [0.25, 0.3) is 0 Å². The predicted molar refractivity (Wildman–Crippen MR) is 74.4 cm³/mol. The van der Waals surface area contributed by atoms with Crippen molar-refractivity contribution in [3.05, 3.63) is 30.3 Å². The summed E-state index contributed by atoms with van der Waals surface area (Å²) in [5.41, 5.74) is 1.23. The molecule has 0 aromatic heterocycles. The van der Waals surface area contributed by atoms with Crippen molar-refractivity contribution in [2.45, 2.75) is 38.6 Å². The van der Waals surface area contributed by atoms with Gasteiger partial charge in [0.05, 0.1) is 0 Å². The first-order chi connectivity index (χ1) is 8.40. The summed E-state index contributed by atoms with van der Waals surface area (Å²) in [6, 6.07) is 11.4. The first-order valence-corrected chi connectivity index (χ1v) is 6.93. The van der Waals surface area contributed by atoms with Crippen LogP contribution in [0, 0.1) is 0 Å². The second kappa shape index (κ2) is 6.65. The van der Waals surface area contributed by atoms with Gasteiger partial charge in [-0.05, 0) is 37.9 Å². The molecule has 1 aromatic carbocycles. The van der Waals surface area contributed by atoms with Gasteiger partial charge in [-0.15, -0.1) is 0 Å². The molecular formula is C15H24N2. The van der Waals surface area contributed by atoms with Gasteiger partial charge in [-0.3, -0.25) is 4.90 Å². The smallest absolute Gasteiger partial charge is 0.0340 e. The molecule has 0 unspecified atom stereocenters. The molecule has 2 rings (SSSR count). The number of nitrogens with zero attached hydrogens (tertiary/aromatic N) is 1. The molecule has 1 N–H and O–H groups in total. The van der Waals surface area contributed by atoms with E-state index in [4.69, 9.17) is 0 Å². The van der Waals surface area contributed by atoms with E-state index in [0.29, 0.717) is 0 Å². The van der Waals surface area contributed by atoms with Crippen LogP contribution in [0.1, 0.15) is 32.6 Å². The van der Waals surface area contributed by atoms with Gasteiger partial charge in [0.1, 0.15) is 0 Å². The van der Waals surface area contributed by atoms with Crippen molar-refractivity contribution in [3.63, 3.8) is 0 Å². The molecule has 1 saturated carbocycles. The summed E-state index contributed by atoms with van der Waals surface area (Å²) in [7, 11) is 0. The van der Waals surface area contributed by atoms with Crippen molar-refractivity contribution in [1.82, 2.24) is 4.90 Å². The molecule has 0 spiro atoms. The van der Waals surface area contributed by atoms with Crippen molar-refractivity contribution in [2.24, 2.45) is 0 Å². The Morgan fingerprint density at radius 3 is 2.59 bits per heavy atom. The zero-order chi connectivity index (χ0) is 11.9. The van der Waals surface area contributed by atoms with E-state index in [-0.39, 0.29) is 0 Å². The molecule has 0 amide bonds. The van der Waals surface area contributed by atoms with Gasteiger partial charge < -0.3 is 5.32 Å². The average Bonchev–Trinajstić information content (AvgIpc) is 3.19. The summed E-state index contributed by atoms with van der Waals surface area (Å²) < 4.78 is 0. The number of nitrogens with one attached hydrogen (secondary N) is 1. The van der Waals surface area contributed by atoms with Crippen LogP contribution in [0.3, 0.4) is 0 Å². The van der Waals surface area contributed by atoms with E-state index in [1.54, 1.807) is 0 Å². The lowest BCUT2D eigenvalue weighted by Gasteiger charge is -2.22. The Hall–Kier alpha value is -1.02. The highest BCUT2D eigenvalue weighted by atomic mass is 15.2. The maximum absolute atomic E-state index is 3.49. The lowest BCUT2D eigenvalue weighted by atomic mass is 10.3. The van der Waals surface area contributed by atoms with E-state index in [1.807, 2.05) is 0 Å². The van der Waals surface area contributed by atoms with E-state index in [2.05, 4.69) is 47.5 Å².